The van der Waals surface area contributed by atoms with Crippen LogP contribution in [0.5, 0.6) is 0 Å². The molecule has 3 nitrogen and oxygen atoms in total. The van der Waals surface area contributed by atoms with Crippen LogP contribution in [0.4, 0.5) is 5.82 Å². The number of rotatable bonds is 4. The van der Waals surface area contributed by atoms with Crippen LogP contribution in [-0.4, -0.2) is 4.98 Å². The smallest absolute Gasteiger partial charge is 0.140 e. The molecule has 1 aromatic heterocycles. The van der Waals surface area contributed by atoms with E-state index in [1.807, 2.05) is 18.2 Å². The Morgan fingerprint density at radius 1 is 1.24 bits per heavy atom. The van der Waals surface area contributed by atoms with Gasteiger partial charge < -0.3 is 5.43 Å². The highest BCUT2D eigenvalue weighted by Gasteiger charge is 1.99. The summed E-state index contributed by atoms with van der Waals surface area (Å²) in [5.41, 5.74) is 4.85. The Hall–Kier alpha value is -1.52. The number of nitrogens with two attached hydrogens (primary N) is 1. The van der Waals surface area contributed by atoms with Gasteiger partial charge in [0.2, 0.25) is 0 Å². The number of hydrogen-bond donors (Lipinski definition) is 2. The topological polar surface area (TPSA) is 50.9 Å². The van der Waals surface area contributed by atoms with Crippen LogP contribution in [0.15, 0.2) is 47.4 Å². The lowest BCUT2D eigenvalue weighted by atomic mass is 10.2. The van der Waals surface area contributed by atoms with Crippen LogP contribution in [0.3, 0.4) is 0 Å². The lowest BCUT2D eigenvalue weighted by molar-refractivity contribution is 1.14. The van der Waals surface area contributed by atoms with Gasteiger partial charge in [-0.15, -0.1) is 11.8 Å². The molecular weight excluding hydrogens is 230 g/mol. The molecule has 2 aromatic rings. The average molecular weight is 245 g/mol. The fourth-order valence-corrected chi connectivity index (χ4v) is 2.42. The van der Waals surface area contributed by atoms with Crippen LogP contribution in [0.1, 0.15) is 11.3 Å². The SMILES string of the molecule is Cc1cccc(SCc2cccc(NN)n2)c1. The highest BCUT2D eigenvalue weighted by atomic mass is 32.2. The van der Waals surface area contributed by atoms with E-state index in [1.54, 1.807) is 11.8 Å². The summed E-state index contributed by atoms with van der Waals surface area (Å²) in [5.74, 6) is 6.87. The Balaban J connectivity index is 2.02. The molecule has 0 bridgehead atoms. The second kappa shape index (κ2) is 5.70. The summed E-state index contributed by atoms with van der Waals surface area (Å²) in [7, 11) is 0. The third kappa shape index (κ3) is 3.47. The van der Waals surface area contributed by atoms with Gasteiger partial charge in [0.25, 0.3) is 0 Å². The molecule has 3 N–H and O–H groups in total. The molecule has 2 rings (SSSR count). The number of aromatic nitrogens is 1. The van der Waals surface area contributed by atoms with Crippen LogP contribution < -0.4 is 11.3 Å². The molecule has 0 radical (unpaired) electrons. The monoisotopic (exact) mass is 245 g/mol. The number of nitrogens with one attached hydrogen (secondary N) is 1. The van der Waals surface area contributed by atoms with E-state index in [1.165, 1.54) is 10.5 Å². The summed E-state index contributed by atoms with van der Waals surface area (Å²) in [6.45, 7) is 2.10. The summed E-state index contributed by atoms with van der Waals surface area (Å²) in [6, 6.07) is 14.3. The Kier molecular flexibility index (Phi) is 4.01. The van der Waals surface area contributed by atoms with E-state index in [9.17, 15) is 0 Å². The number of benzene rings is 1. The summed E-state index contributed by atoms with van der Waals surface area (Å²) in [5, 5.41) is 0. The first kappa shape index (κ1) is 12.0. The minimum absolute atomic E-state index is 0.701. The Bertz CT molecular complexity index is 500. The molecule has 0 aliphatic rings. The summed E-state index contributed by atoms with van der Waals surface area (Å²) < 4.78 is 0. The second-order valence-corrected chi connectivity index (χ2v) is 4.81. The van der Waals surface area contributed by atoms with Crippen molar-refractivity contribution in [3.05, 3.63) is 53.7 Å². The van der Waals surface area contributed by atoms with Crippen molar-refractivity contribution < 1.29 is 0 Å². The van der Waals surface area contributed by atoms with Gasteiger partial charge in [-0.2, -0.15) is 0 Å². The zero-order valence-corrected chi connectivity index (χ0v) is 10.5. The van der Waals surface area contributed by atoms with Gasteiger partial charge in [-0.3, -0.25) is 0 Å². The van der Waals surface area contributed by atoms with Crippen molar-refractivity contribution in [1.82, 2.24) is 4.98 Å². The molecule has 1 aromatic carbocycles. The molecule has 0 amide bonds. The van der Waals surface area contributed by atoms with Gasteiger partial charge in [-0.1, -0.05) is 23.8 Å². The first-order valence-corrected chi connectivity index (χ1v) is 6.38. The first-order chi connectivity index (χ1) is 8.28. The molecule has 1 heterocycles. The molecule has 0 unspecified atom stereocenters. The predicted molar refractivity (Wildman–Crippen MR) is 72.8 cm³/mol. The normalized spacial score (nSPS) is 10.2. The van der Waals surface area contributed by atoms with E-state index >= 15 is 0 Å². The molecule has 0 saturated heterocycles. The van der Waals surface area contributed by atoms with E-state index in [4.69, 9.17) is 5.84 Å². The number of nitrogens with zero attached hydrogens (tertiary/aromatic N) is 1. The number of aryl methyl sites for hydroxylation is 1. The van der Waals surface area contributed by atoms with Crippen LogP contribution in [0.25, 0.3) is 0 Å². The molecular formula is C13H15N3S. The van der Waals surface area contributed by atoms with Gasteiger partial charge in [-0.05, 0) is 31.2 Å². The molecule has 0 aliphatic carbocycles. The van der Waals surface area contributed by atoms with Gasteiger partial charge in [0.1, 0.15) is 5.82 Å². The molecule has 0 spiro atoms. The quantitative estimate of drug-likeness (QED) is 0.494. The summed E-state index contributed by atoms with van der Waals surface area (Å²) >= 11 is 1.78. The number of hydrazine groups is 1. The maximum Gasteiger partial charge on any atom is 0.140 e. The largest absolute Gasteiger partial charge is 0.308 e. The van der Waals surface area contributed by atoms with Gasteiger partial charge in [0.15, 0.2) is 0 Å². The van der Waals surface area contributed by atoms with E-state index in [0.717, 1.165) is 11.4 Å². The van der Waals surface area contributed by atoms with Crippen molar-refractivity contribution in [2.45, 2.75) is 17.6 Å². The predicted octanol–water partition coefficient (Wildman–Crippen LogP) is 2.97. The highest BCUT2D eigenvalue weighted by Crippen LogP contribution is 2.23. The fraction of sp³-hybridized carbons (Fsp3) is 0.154. The number of anilines is 1. The number of thioether (sulfide) groups is 1. The van der Waals surface area contributed by atoms with Crippen molar-refractivity contribution in [2.75, 3.05) is 5.43 Å². The highest BCUT2D eigenvalue weighted by molar-refractivity contribution is 7.98. The molecule has 0 atom stereocenters. The number of hydrogen-bond acceptors (Lipinski definition) is 4. The van der Waals surface area contributed by atoms with Gasteiger partial charge in [-0.25, -0.2) is 10.8 Å². The third-order valence-electron chi connectivity index (χ3n) is 2.33. The van der Waals surface area contributed by atoms with Crippen molar-refractivity contribution in [3.8, 4) is 0 Å². The van der Waals surface area contributed by atoms with E-state index in [0.29, 0.717) is 5.82 Å². The van der Waals surface area contributed by atoms with E-state index in [2.05, 4.69) is 41.6 Å². The molecule has 0 fully saturated rings. The van der Waals surface area contributed by atoms with E-state index in [-0.39, 0.29) is 0 Å². The lowest BCUT2D eigenvalue weighted by Gasteiger charge is -2.04. The van der Waals surface area contributed by atoms with Crippen molar-refractivity contribution >= 4 is 17.6 Å². The number of nitrogen functional groups attached to an aromatic ring is 1. The molecule has 0 saturated carbocycles. The zero-order chi connectivity index (χ0) is 12.1. The number of pyridine rings is 1. The van der Waals surface area contributed by atoms with E-state index < -0.39 is 0 Å². The van der Waals surface area contributed by atoms with Gasteiger partial charge in [0.05, 0.1) is 5.69 Å². The molecule has 0 aliphatic heterocycles. The maximum atomic E-state index is 5.33. The van der Waals surface area contributed by atoms with Gasteiger partial charge in [0, 0.05) is 10.6 Å². The van der Waals surface area contributed by atoms with Crippen LogP contribution in [0.2, 0.25) is 0 Å². The van der Waals surface area contributed by atoms with Crippen LogP contribution in [-0.2, 0) is 5.75 Å². The maximum absolute atomic E-state index is 5.33. The third-order valence-corrected chi connectivity index (χ3v) is 3.36. The van der Waals surface area contributed by atoms with Crippen LogP contribution >= 0.6 is 11.8 Å². The van der Waals surface area contributed by atoms with Crippen LogP contribution in [0, 0.1) is 6.92 Å². The Morgan fingerprint density at radius 2 is 2.06 bits per heavy atom. The molecule has 17 heavy (non-hydrogen) atoms. The fourth-order valence-electron chi connectivity index (χ4n) is 1.50. The first-order valence-electron chi connectivity index (χ1n) is 5.40. The molecule has 4 heteroatoms. The van der Waals surface area contributed by atoms with Gasteiger partial charge >= 0.3 is 0 Å². The Labute approximate surface area is 105 Å². The minimum atomic E-state index is 0.701. The van der Waals surface area contributed by atoms with Crippen molar-refractivity contribution in [2.24, 2.45) is 5.84 Å². The standard InChI is InChI=1S/C13H15N3S/c1-10-4-2-6-12(8-10)17-9-11-5-3-7-13(15-11)16-14/h2-8H,9,14H2,1H3,(H,15,16). The summed E-state index contributed by atoms with van der Waals surface area (Å²) in [6.07, 6.45) is 0. The zero-order valence-electron chi connectivity index (χ0n) is 9.68. The van der Waals surface area contributed by atoms with Crippen molar-refractivity contribution in [1.29, 1.82) is 0 Å². The average Bonchev–Trinajstić information content (AvgIpc) is 2.37. The Morgan fingerprint density at radius 3 is 2.82 bits per heavy atom. The second-order valence-electron chi connectivity index (χ2n) is 3.76. The molecule has 88 valence electrons. The lowest BCUT2D eigenvalue weighted by Crippen LogP contribution is -2.08. The van der Waals surface area contributed by atoms with Crippen molar-refractivity contribution in [3.63, 3.8) is 0 Å². The summed E-state index contributed by atoms with van der Waals surface area (Å²) in [4.78, 5) is 5.63. The minimum Gasteiger partial charge on any atom is -0.308 e.